The van der Waals surface area contributed by atoms with E-state index in [1.165, 1.54) is 5.56 Å². The first kappa shape index (κ1) is 12.0. The van der Waals surface area contributed by atoms with Crippen molar-refractivity contribution in [1.82, 2.24) is 0 Å². The van der Waals surface area contributed by atoms with Crippen molar-refractivity contribution in [3.05, 3.63) is 59.7 Å². The molecule has 1 amide bonds. The van der Waals surface area contributed by atoms with Gasteiger partial charge in [-0.05, 0) is 23.8 Å². The second kappa shape index (κ2) is 4.90. The van der Waals surface area contributed by atoms with Gasteiger partial charge in [-0.3, -0.25) is 9.59 Å². The molecule has 0 saturated carbocycles. The Morgan fingerprint density at radius 2 is 1.79 bits per heavy atom. The summed E-state index contributed by atoms with van der Waals surface area (Å²) in [6.07, 6.45) is 0. The predicted octanol–water partition coefficient (Wildman–Crippen LogP) is 3.11. The maximum absolute atomic E-state index is 11.6. The Balaban J connectivity index is 1.77. The number of hydrogen-bond acceptors (Lipinski definition) is 3. The number of carbonyl (C=O) groups is 2. The average molecular weight is 269 g/mol. The van der Waals surface area contributed by atoms with Gasteiger partial charge in [-0.1, -0.05) is 30.3 Å². The molecule has 94 valence electrons. The first-order valence-electron chi connectivity index (χ1n) is 5.90. The quantitative estimate of drug-likeness (QED) is 0.688. The molecule has 0 unspecified atom stereocenters. The third-order valence-corrected chi connectivity index (χ3v) is 4.00. The van der Waals surface area contributed by atoms with Crippen LogP contribution in [0.3, 0.4) is 0 Å². The largest absolute Gasteiger partial charge is 0.318 e. The molecule has 0 radical (unpaired) electrons. The van der Waals surface area contributed by atoms with Gasteiger partial charge in [-0.25, -0.2) is 0 Å². The first-order valence-corrected chi connectivity index (χ1v) is 6.89. The minimum atomic E-state index is -0.541. The number of Topliss-reactive ketones (excluding diaryl/α,β-unsaturated/α-hetero) is 1. The monoisotopic (exact) mass is 269 g/mol. The first-order chi connectivity index (χ1) is 9.24. The zero-order chi connectivity index (χ0) is 13.2. The van der Waals surface area contributed by atoms with Crippen LogP contribution in [0.5, 0.6) is 0 Å². The number of ketones is 1. The molecule has 1 aliphatic heterocycles. The van der Waals surface area contributed by atoms with Crippen LogP contribution in [0.4, 0.5) is 5.69 Å². The van der Waals surface area contributed by atoms with Crippen molar-refractivity contribution in [3.63, 3.8) is 0 Å². The lowest BCUT2D eigenvalue weighted by Gasteiger charge is -2.03. The lowest BCUT2D eigenvalue weighted by atomic mass is 10.1. The Bertz CT molecular complexity index is 652. The molecule has 0 bridgehead atoms. The summed E-state index contributed by atoms with van der Waals surface area (Å²) in [5.41, 5.74) is 2.32. The third-order valence-electron chi connectivity index (χ3n) is 2.94. The van der Waals surface area contributed by atoms with E-state index in [0.29, 0.717) is 11.3 Å². The second-order valence-corrected chi connectivity index (χ2v) is 5.31. The molecule has 4 heteroatoms. The van der Waals surface area contributed by atoms with E-state index >= 15 is 0 Å². The Morgan fingerprint density at radius 1 is 1.00 bits per heavy atom. The van der Waals surface area contributed by atoms with Crippen LogP contribution in [0, 0.1) is 0 Å². The molecule has 1 aliphatic rings. The van der Waals surface area contributed by atoms with Crippen LogP contribution in [-0.4, -0.2) is 11.7 Å². The molecule has 0 aromatic heterocycles. The summed E-state index contributed by atoms with van der Waals surface area (Å²) >= 11 is 1.65. The summed E-state index contributed by atoms with van der Waals surface area (Å²) in [6.45, 7) is 0. The highest BCUT2D eigenvalue weighted by molar-refractivity contribution is 7.98. The van der Waals surface area contributed by atoms with E-state index in [2.05, 4.69) is 17.4 Å². The average Bonchev–Trinajstić information content (AvgIpc) is 2.73. The van der Waals surface area contributed by atoms with E-state index in [1.54, 1.807) is 23.9 Å². The summed E-state index contributed by atoms with van der Waals surface area (Å²) in [5, 5.41) is 2.55. The van der Waals surface area contributed by atoms with Crippen molar-refractivity contribution < 1.29 is 9.59 Å². The van der Waals surface area contributed by atoms with E-state index < -0.39 is 11.7 Å². The SMILES string of the molecule is O=C1Nc2ccc(SCc3ccccc3)cc2C1=O. The number of amides is 1. The van der Waals surface area contributed by atoms with Gasteiger partial charge < -0.3 is 5.32 Å². The van der Waals surface area contributed by atoms with Crippen LogP contribution < -0.4 is 5.32 Å². The summed E-state index contributed by atoms with van der Waals surface area (Å²) in [4.78, 5) is 23.8. The maximum Gasteiger partial charge on any atom is 0.296 e. The van der Waals surface area contributed by atoms with Gasteiger partial charge in [-0.2, -0.15) is 0 Å². The van der Waals surface area contributed by atoms with Crippen LogP contribution in [0.1, 0.15) is 15.9 Å². The van der Waals surface area contributed by atoms with Crippen molar-refractivity contribution >= 4 is 29.1 Å². The van der Waals surface area contributed by atoms with Crippen molar-refractivity contribution in [3.8, 4) is 0 Å². The Hall–Kier alpha value is -2.07. The molecule has 0 spiro atoms. The van der Waals surface area contributed by atoms with Gasteiger partial charge in [0.2, 0.25) is 0 Å². The van der Waals surface area contributed by atoms with Crippen molar-refractivity contribution in [2.45, 2.75) is 10.6 Å². The minimum absolute atomic E-state index is 0.447. The lowest BCUT2D eigenvalue weighted by molar-refractivity contribution is -0.112. The Morgan fingerprint density at radius 3 is 2.58 bits per heavy atom. The fourth-order valence-corrected chi connectivity index (χ4v) is 2.84. The highest BCUT2D eigenvalue weighted by Crippen LogP contribution is 2.30. The molecule has 3 rings (SSSR count). The van der Waals surface area contributed by atoms with Gasteiger partial charge in [0.15, 0.2) is 0 Å². The van der Waals surface area contributed by atoms with E-state index in [1.807, 2.05) is 24.3 Å². The summed E-state index contributed by atoms with van der Waals surface area (Å²) < 4.78 is 0. The van der Waals surface area contributed by atoms with Crippen LogP contribution >= 0.6 is 11.8 Å². The maximum atomic E-state index is 11.6. The van der Waals surface area contributed by atoms with E-state index in [-0.39, 0.29) is 0 Å². The molecule has 2 aromatic rings. The fraction of sp³-hybridized carbons (Fsp3) is 0.0667. The number of carbonyl (C=O) groups excluding carboxylic acids is 2. The van der Waals surface area contributed by atoms with Crippen molar-refractivity contribution in [2.24, 2.45) is 0 Å². The van der Waals surface area contributed by atoms with Crippen LogP contribution in [0.2, 0.25) is 0 Å². The van der Waals surface area contributed by atoms with Crippen LogP contribution in [0.15, 0.2) is 53.4 Å². The molecular formula is C15H11NO2S. The lowest BCUT2D eigenvalue weighted by Crippen LogP contribution is -2.12. The minimum Gasteiger partial charge on any atom is -0.318 e. The number of fused-ring (bicyclic) bond motifs is 1. The van der Waals surface area contributed by atoms with E-state index in [9.17, 15) is 9.59 Å². The molecule has 2 aromatic carbocycles. The molecule has 0 atom stereocenters. The molecule has 0 saturated heterocycles. The highest BCUT2D eigenvalue weighted by Gasteiger charge is 2.27. The zero-order valence-corrected chi connectivity index (χ0v) is 10.9. The molecule has 0 aliphatic carbocycles. The summed E-state index contributed by atoms with van der Waals surface area (Å²) in [5.74, 6) is -0.146. The predicted molar refractivity (Wildman–Crippen MR) is 75.4 cm³/mol. The van der Waals surface area contributed by atoms with Crippen LogP contribution in [-0.2, 0) is 10.5 Å². The number of hydrogen-bond donors (Lipinski definition) is 1. The molecule has 3 nitrogen and oxygen atoms in total. The number of nitrogens with one attached hydrogen (secondary N) is 1. The topological polar surface area (TPSA) is 46.2 Å². The molecular weight excluding hydrogens is 258 g/mol. The summed E-state index contributed by atoms with van der Waals surface area (Å²) in [7, 11) is 0. The van der Waals surface area contributed by atoms with E-state index in [4.69, 9.17) is 0 Å². The van der Waals surface area contributed by atoms with Gasteiger partial charge in [-0.15, -0.1) is 11.8 Å². The van der Waals surface area contributed by atoms with E-state index in [0.717, 1.165) is 10.6 Å². The van der Waals surface area contributed by atoms with Gasteiger partial charge in [0.1, 0.15) is 0 Å². The van der Waals surface area contributed by atoms with Crippen molar-refractivity contribution in [2.75, 3.05) is 5.32 Å². The Kier molecular flexibility index (Phi) is 3.09. The fourth-order valence-electron chi connectivity index (χ4n) is 1.95. The smallest absolute Gasteiger partial charge is 0.296 e. The highest BCUT2D eigenvalue weighted by atomic mass is 32.2. The standard InChI is InChI=1S/C15H11NO2S/c17-14-12-8-11(6-7-13(12)16-15(14)18)19-9-10-4-2-1-3-5-10/h1-8H,9H2,(H,16,17,18). The van der Waals surface area contributed by atoms with Gasteiger partial charge in [0, 0.05) is 10.6 Å². The second-order valence-electron chi connectivity index (χ2n) is 4.26. The number of anilines is 1. The van der Waals surface area contributed by atoms with Crippen molar-refractivity contribution in [1.29, 1.82) is 0 Å². The zero-order valence-electron chi connectivity index (χ0n) is 10.1. The normalized spacial score (nSPS) is 13.3. The molecule has 1 N–H and O–H groups in total. The number of thioether (sulfide) groups is 1. The third kappa shape index (κ3) is 2.39. The number of benzene rings is 2. The van der Waals surface area contributed by atoms with Gasteiger partial charge >= 0.3 is 0 Å². The molecule has 1 heterocycles. The molecule has 19 heavy (non-hydrogen) atoms. The molecule has 0 fully saturated rings. The van der Waals surface area contributed by atoms with Gasteiger partial charge in [0.25, 0.3) is 11.7 Å². The van der Waals surface area contributed by atoms with Crippen LogP contribution in [0.25, 0.3) is 0 Å². The summed E-state index contributed by atoms with van der Waals surface area (Å²) in [6, 6.07) is 15.6. The number of rotatable bonds is 3. The van der Waals surface area contributed by atoms with Gasteiger partial charge in [0.05, 0.1) is 11.3 Å². The Labute approximate surface area is 115 Å².